The second kappa shape index (κ2) is 7.15. The van der Waals surface area contributed by atoms with Crippen molar-refractivity contribution in [3.8, 4) is 11.3 Å². The molecular weight excluding hydrogens is 253 g/mol. The number of nitrogens with zero attached hydrogens (tertiary/aromatic N) is 1. The Balaban J connectivity index is 2.29. The van der Waals surface area contributed by atoms with Crippen molar-refractivity contribution in [2.75, 3.05) is 6.61 Å². The largest absolute Gasteiger partial charge is 0.374 e. The van der Waals surface area contributed by atoms with Crippen LogP contribution < -0.4 is 0 Å². The molecule has 0 N–H and O–H groups in total. The summed E-state index contributed by atoms with van der Waals surface area (Å²) in [5.41, 5.74) is 2.62. The number of unbranched alkanes of at least 4 members (excludes halogenated alkanes) is 1. The summed E-state index contributed by atoms with van der Waals surface area (Å²) in [7, 11) is 0. The van der Waals surface area contributed by atoms with Crippen LogP contribution in [-0.4, -0.2) is 11.6 Å². The van der Waals surface area contributed by atoms with E-state index in [0.717, 1.165) is 29.7 Å². The first-order chi connectivity index (χ1) is 9.72. The molecule has 3 heteroatoms. The Bertz CT molecular complexity index is 542. The number of halogens is 1. The quantitative estimate of drug-likeness (QED) is 0.707. The van der Waals surface area contributed by atoms with Gasteiger partial charge in [0.15, 0.2) is 0 Å². The number of aromatic nitrogens is 1. The summed E-state index contributed by atoms with van der Waals surface area (Å²) in [6.45, 7) is 4.77. The average Bonchev–Trinajstić information content (AvgIpc) is 2.48. The summed E-state index contributed by atoms with van der Waals surface area (Å²) in [4.78, 5) is 4.34. The van der Waals surface area contributed by atoms with Crippen LogP contribution in [0.25, 0.3) is 11.3 Å². The van der Waals surface area contributed by atoms with Crippen LogP contribution in [0.15, 0.2) is 42.6 Å². The molecule has 0 saturated carbocycles. The van der Waals surface area contributed by atoms with Crippen LogP contribution in [0.3, 0.4) is 0 Å². The van der Waals surface area contributed by atoms with Gasteiger partial charge in [0.1, 0.15) is 5.82 Å². The maximum absolute atomic E-state index is 13.5. The van der Waals surface area contributed by atoms with E-state index < -0.39 is 0 Å². The maximum atomic E-state index is 13.5. The second-order valence-corrected chi connectivity index (χ2v) is 4.81. The number of benzene rings is 1. The van der Waals surface area contributed by atoms with Gasteiger partial charge in [-0.1, -0.05) is 19.4 Å². The molecule has 0 fully saturated rings. The highest BCUT2D eigenvalue weighted by molar-refractivity contribution is 5.64. The molecule has 1 atom stereocenters. The van der Waals surface area contributed by atoms with E-state index in [2.05, 4.69) is 11.9 Å². The first-order valence-electron chi connectivity index (χ1n) is 7.05. The lowest BCUT2D eigenvalue weighted by Crippen LogP contribution is -2.04. The van der Waals surface area contributed by atoms with E-state index in [-0.39, 0.29) is 11.9 Å². The molecule has 0 saturated heterocycles. The second-order valence-electron chi connectivity index (χ2n) is 4.81. The Morgan fingerprint density at radius 1 is 1.25 bits per heavy atom. The van der Waals surface area contributed by atoms with Gasteiger partial charge in [0.25, 0.3) is 0 Å². The van der Waals surface area contributed by atoms with E-state index in [0.29, 0.717) is 6.61 Å². The molecular formula is C17H20FNO. The predicted octanol–water partition coefficient (Wildman–Crippen LogP) is 4.77. The third-order valence-corrected chi connectivity index (χ3v) is 3.26. The summed E-state index contributed by atoms with van der Waals surface area (Å²) in [5.74, 6) is -0.245. The van der Waals surface area contributed by atoms with Gasteiger partial charge in [-0.15, -0.1) is 0 Å². The van der Waals surface area contributed by atoms with E-state index in [1.54, 1.807) is 18.3 Å². The first kappa shape index (κ1) is 14.7. The van der Waals surface area contributed by atoms with Gasteiger partial charge in [0, 0.05) is 18.4 Å². The zero-order chi connectivity index (χ0) is 14.4. The molecule has 0 aliphatic carbocycles. The van der Waals surface area contributed by atoms with Crippen molar-refractivity contribution in [3.05, 3.63) is 54.0 Å². The van der Waals surface area contributed by atoms with E-state index >= 15 is 0 Å². The number of pyridine rings is 1. The van der Waals surface area contributed by atoms with Crippen LogP contribution in [0.2, 0.25) is 0 Å². The summed E-state index contributed by atoms with van der Waals surface area (Å²) in [6, 6.07) is 10.5. The Morgan fingerprint density at radius 2 is 2.10 bits per heavy atom. The van der Waals surface area contributed by atoms with Crippen LogP contribution in [0, 0.1) is 5.82 Å². The van der Waals surface area contributed by atoms with Crippen LogP contribution in [0.4, 0.5) is 4.39 Å². The molecule has 0 amide bonds. The van der Waals surface area contributed by atoms with E-state index in [9.17, 15) is 4.39 Å². The van der Waals surface area contributed by atoms with Gasteiger partial charge in [0.05, 0.1) is 11.8 Å². The van der Waals surface area contributed by atoms with E-state index in [1.165, 1.54) is 6.07 Å². The molecule has 1 aromatic heterocycles. The normalized spacial score (nSPS) is 12.3. The predicted molar refractivity (Wildman–Crippen MR) is 78.9 cm³/mol. The van der Waals surface area contributed by atoms with Gasteiger partial charge in [-0.3, -0.25) is 4.98 Å². The Hall–Kier alpha value is -1.74. The summed E-state index contributed by atoms with van der Waals surface area (Å²) in [6.07, 6.45) is 3.70. The zero-order valence-electron chi connectivity index (χ0n) is 12.0. The monoisotopic (exact) mass is 273 g/mol. The van der Waals surface area contributed by atoms with Crippen LogP contribution in [-0.2, 0) is 4.74 Å². The first-order valence-corrected chi connectivity index (χ1v) is 7.05. The molecule has 1 aromatic carbocycles. The van der Waals surface area contributed by atoms with Crippen molar-refractivity contribution in [2.24, 2.45) is 0 Å². The molecule has 1 unspecified atom stereocenters. The molecule has 1 heterocycles. The lowest BCUT2D eigenvalue weighted by atomic mass is 10.00. The van der Waals surface area contributed by atoms with Gasteiger partial charge in [-0.2, -0.15) is 0 Å². The number of hydrogen-bond acceptors (Lipinski definition) is 2. The van der Waals surface area contributed by atoms with Crippen molar-refractivity contribution in [2.45, 2.75) is 32.8 Å². The summed E-state index contributed by atoms with van der Waals surface area (Å²) in [5, 5.41) is 0. The highest BCUT2D eigenvalue weighted by Gasteiger charge is 2.14. The SMILES string of the molecule is CCCCOC(C)c1cc(F)ccc1-c1ccccn1. The van der Waals surface area contributed by atoms with Crippen molar-refractivity contribution < 1.29 is 9.13 Å². The highest BCUT2D eigenvalue weighted by atomic mass is 19.1. The van der Waals surface area contributed by atoms with Crippen LogP contribution >= 0.6 is 0 Å². The molecule has 2 aromatic rings. The van der Waals surface area contributed by atoms with E-state index in [4.69, 9.17) is 4.74 Å². The average molecular weight is 273 g/mol. The molecule has 0 aliphatic rings. The molecule has 2 nitrogen and oxygen atoms in total. The topological polar surface area (TPSA) is 22.1 Å². The minimum absolute atomic E-state index is 0.144. The smallest absolute Gasteiger partial charge is 0.123 e. The molecule has 106 valence electrons. The molecule has 20 heavy (non-hydrogen) atoms. The van der Waals surface area contributed by atoms with Gasteiger partial charge >= 0.3 is 0 Å². The molecule has 0 radical (unpaired) electrons. The fourth-order valence-corrected chi connectivity index (χ4v) is 2.12. The Kier molecular flexibility index (Phi) is 5.24. The summed E-state index contributed by atoms with van der Waals surface area (Å²) >= 11 is 0. The Labute approximate surface area is 119 Å². The molecule has 0 bridgehead atoms. The lowest BCUT2D eigenvalue weighted by Gasteiger charge is -2.17. The fraction of sp³-hybridized carbons (Fsp3) is 0.353. The van der Waals surface area contributed by atoms with Gasteiger partial charge in [0.2, 0.25) is 0 Å². The summed E-state index contributed by atoms with van der Waals surface area (Å²) < 4.78 is 19.3. The molecule has 2 rings (SSSR count). The van der Waals surface area contributed by atoms with Crippen molar-refractivity contribution in [3.63, 3.8) is 0 Å². The van der Waals surface area contributed by atoms with Crippen molar-refractivity contribution in [1.82, 2.24) is 4.98 Å². The lowest BCUT2D eigenvalue weighted by molar-refractivity contribution is 0.0638. The minimum atomic E-state index is -0.245. The van der Waals surface area contributed by atoms with Gasteiger partial charge < -0.3 is 4.74 Å². The number of hydrogen-bond donors (Lipinski definition) is 0. The van der Waals surface area contributed by atoms with Gasteiger partial charge in [-0.25, -0.2) is 4.39 Å². The van der Waals surface area contributed by atoms with Crippen LogP contribution in [0.1, 0.15) is 38.4 Å². The molecule has 0 aliphatic heterocycles. The number of ether oxygens (including phenoxy) is 1. The standard InChI is InChI=1S/C17H20FNO/c1-3-4-11-20-13(2)16-12-14(18)8-9-15(16)17-7-5-6-10-19-17/h5-10,12-13H,3-4,11H2,1-2H3. The third kappa shape index (κ3) is 3.64. The molecule has 0 spiro atoms. The van der Waals surface area contributed by atoms with E-state index in [1.807, 2.05) is 25.1 Å². The minimum Gasteiger partial charge on any atom is -0.374 e. The highest BCUT2D eigenvalue weighted by Crippen LogP contribution is 2.29. The van der Waals surface area contributed by atoms with Crippen LogP contribution in [0.5, 0.6) is 0 Å². The number of rotatable bonds is 6. The van der Waals surface area contributed by atoms with Gasteiger partial charge in [-0.05, 0) is 49.2 Å². The zero-order valence-corrected chi connectivity index (χ0v) is 12.0. The van der Waals surface area contributed by atoms with Crippen molar-refractivity contribution >= 4 is 0 Å². The van der Waals surface area contributed by atoms with Crippen molar-refractivity contribution in [1.29, 1.82) is 0 Å². The fourth-order valence-electron chi connectivity index (χ4n) is 2.12. The Morgan fingerprint density at radius 3 is 2.80 bits per heavy atom. The maximum Gasteiger partial charge on any atom is 0.123 e. The third-order valence-electron chi connectivity index (χ3n) is 3.26.